The molecule has 2 amide bonds. The summed E-state index contributed by atoms with van der Waals surface area (Å²) in [6.07, 6.45) is 6.31. The van der Waals surface area contributed by atoms with Crippen LogP contribution in [0.2, 0.25) is 10.0 Å². The van der Waals surface area contributed by atoms with Crippen LogP contribution < -0.4 is 9.62 Å². The highest BCUT2D eigenvalue weighted by Gasteiger charge is 2.34. The predicted octanol–water partition coefficient (Wildman–Crippen LogP) is 6.47. The number of hydrogen-bond donors (Lipinski definition) is 1. The molecule has 0 radical (unpaired) electrons. The fourth-order valence-electron chi connectivity index (χ4n) is 5.43. The van der Waals surface area contributed by atoms with E-state index in [-0.39, 0.29) is 24.9 Å². The molecule has 0 spiro atoms. The van der Waals surface area contributed by atoms with Gasteiger partial charge in [-0.1, -0.05) is 84.9 Å². The Morgan fingerprint density at radius 1 is 0.930 bits per heavy atom. The van der Waals surface area contributed by atoms with Crippen LogP contribution in [0.25, 0.3) is 0 Å². The van der Waals surface area contributed by atoms with Gasteiger partial charge in [-0.05, 0) is 73.2 Å². The molecule has 0 aromatic heterocycles. The molecular formula is C33H39Cl2N3O4S. The summed E-state index contributed by atoms with van der Waals surface area (Å²) in [6, 6.07) is 18.9. The van der Waals surface area contributed by atoms with Crippen molar-refractivity contribution in [3.8, 4) is 0 Å². The molecular weight excluding hydrogens is 605 g/mol. The average molecular weight is 645 g/mol. The molecule has 1 N–H and O–H groups in total. The monoisotopic (exact) mass is 643 g/mol. The van der Waals surface area contributed by atoms with Crippen molar-refractivity contribution < 1.29 is 18.0 Å². The Hall–Kier alpha value is -3.07. The molecule has 3 aromatic rings. The molecule has 4 rings (SSSR count). The lowest BCUT2D eigenvalue weighted by atomic mass is 9.94. The van der Waals surface area contributed by atoms with Gasteiger partial charge in [0, 0.05) is 29.1 Å². The van der Waals surface area contributed by atoms with Crippen molar-refractivity contribution in [3.05, 3.63) is 99.0 Å². The quantitative estimate of drug-likeness (QED) is 0.260. The van der Waals surface area contributed by atoms with Gasteiger partial charge in [0.05, 0.1) is 11.9 Å². The largest absolute Gasteiger partial charge is 0.352 e. The maximum absolute atomic E-state index is 14.3. The molecule has 10 heteroatoms. The van der Waals surface area contributed by atoms with Gasteiger partial charge in [0.15, 0.2) is 0 Å². The number of benzene rings is 3. The number of halogens is 2. The number of sulfonamides is 1. The summed E-state index contributed by atoms with van der Waals surface area (Å²) in [5, 5.41) is 3.99. The van der Waals surface area contributed by atoms with E-state index in [1.165, 1.54) is 4.90 Å². The van der Waals surface area contributed by atoms with E-state index in [2.05, 4.69) is 5.32 Å². The number of aryl methyl sites for hydroxylation is 2. The van der Waals surface area contributed by atoms with E-state index in [1.54, 1.807) is 30.3 Å². The summed E-state index contributed by atoms with van der Waals surface area (Å²) in [5.74, 6) is -0.791. The Bertz CT molecular complexity index is 1540. The van der Waals surface area contributed by atoms with E-state index in [0.717, 1.165) is 59.4 Å². The molecule has 0 unspecified atom stereocenters. The van der Waals surface area contributed by atoms with Crippen molar-refractivity contribution in [2.24, 2.45) is 0 Å². The molecule has 0 saturated heterocycles. The summed E-state index contributed by atoms with van der Waals surface area (Å²) in [6.45, 7) is 3.34. The molecule has 1 aliphatic rings. The van der Waals surface area contributed by atoms with Crippen LogP contribution >= 0.6 is 23.2 Å². The molecule has 0 heterocycles. The van der Waals surface area contributed by atoms with Crippen molar-refractivity contribution in [3.63, 3.8) is 0 Å². The molecule has 0 aliphatic heterocycles. The van der Waals surface area contributed by atoms with Crippen LogP contribution in [-0.4, -0.2) is 50.0 Å². The summed E-state index contributed by atoms with van der Waals surface area (Å²) in [7, 11) is -3.85. The summed E-state index contributed by atoms with van der Waals surface area (Å²) < 4.78 is 27.2. The molecule has 43 heavy (non-hydrogen) atoms. The highest BCUT2D eigenvalue weighted by molar-refractivity contribution is 7.92. The Morgan fingerprint density at radius 3 is 2.26 bits per heavy atom. The van der Waals surface area contributed by atoms with Crippen molar-refractivity contribution in [1.29, 1.82) is 0 Å². The number of nitrogens with zero attached hydrogens (tertiary/aromatic N) is 2. The lowest BCUT2D eigenvalue weighted by Crippen LogP contribution is -2.55. The van der Waals surface area contributed by atoms with Crippen molar-refractivity contribution in [2.75, 3.05) is 17.1 Å². The Labute approximate surface area is 265 Å². The third-order valence-corrected chi connectivity index (χ3v) is 9.76. The zero-order valence-corrected chi connectivity index (χ0v) is 27.2. The van der Waals surface area contributed by atoms with E-state index in [4.69, 9.17) is 23.2 Å². The predicted molar refractivity (Wildman–Crippen MR) is 174 cm³/mol. The summed E-state index contributed by atoms with van der Waals surface area (Å²) >= 11 is 12.7. The molecule has 1 aliphatic carbocycles. The van der Waals surface area contributed by atoms with Crippen LogP contribution in [0.15, 0.2) is 66.7 Å². The molecule has 230 valence electrons. The lowest BCUT2D eigenvalue weighted by molar-refractivity contribution is -0.140. The van der Waals surface area contributed by atoms with Crippen LogP contribution in [0.1, 0.15) is 54.4 Å². The zero-order valence-electron chi connectivity index (χ0n) is 24.9. The van der Waals surface area contributed by atoms with E-state index in [1.807, 2.05) is 50.2 Å². The molecule has 7 nitrogen and oxygen atoms in total. The summed E-state index contributed by atoms with van der Waals surface area (Å²) in [4.78, 5) is 29.8. The molecule has 1 fully saturated rings. The number of carbonyl (C=O) groups excluding carboxylic acids is 2. The summed E-state index contributed by atoms with van der Waals surface area (Å²) in [5.41, 5.74) is 3.76. The second-order valence-electron chi connectivity index (χ2n) is 11.3. The van der Waals surface area contributed by atoms with Crippen molar-refractivity contribution in [2.45, 2.75) is 71.0 Å². The number of anilines is 1. The van der Waals surface area contributed by atoms with Gasteiger partial charge >= 0.3 is 0 Å². The Kier molecular flexibility index (Phi) is 11.2. The van der Waals surface area contributed by atoms with Gasteiger partial charge in [-0.15, -0.1) is 0 Å². The van der Waals surface area contributed by atoms with Gasteiger partial charge in [-0.2, -0.15) is 0 Å². The Balaban J connectivity index is 1.75. The first-order valence-corrected chi connectivity index (χ1v) is 17.2. The first-order valence-electron chi connectivity index (χ1n) is 14.5. The highest BCUT2D eigenvalue weighted by atomic mass is 35.5. The highest BCUT2D eigenvalue weighted by Crippen LogP contribution is 2.26. The van der Waals surface area contributed by atoms with Gasteiger partial charge in [-0.25, -0.2) is 8.42 Å². The second-order valence-corrected chi connectivity index (χ2v) is 14.1. The van der Waals surface area contributed by atoms with E-state index in [0.29, 0.717) is 21.3 Å². The lowest BCUT2D eigenvalue weighted by Gasteiger charge is -2.35. The average Bonchev–Trinajstić information content (AvgIpc) is 2.96. The molecule has 0 bridgehead atoms. The van der Waals surface area contributed by atoms with Crippen molar-refractivity contribution >= 4 is 50.7 Å². The van der Waals surface area contributed by atoms with Gasteiger partial charge in [-0.3, -0.25) is 13.9 Å². The minimum atomic E-state index is -3.85. The zero-order chi connectivity index (χ0) is 31.1. The third kappa shape index (κ3) is 8.97. The number of amides is 2. The number of rotatable bonds is 11. The van der Waals surface area contributed by atoms with E-state index < -0.39 is 28.5 Å². The fourth-order valence-corrected chi connectivity index (χ4v) is 6.74. The second kappa shape index (κ2) is 14.6. The van der Waals surface area contributed by atoms with Gasteiger partial charge < -0.3 is 10.2 Å². The molecule has 3 aromatic carbocycles. The first-order chi connectivity index (χ1) is 20.4. The molecule has 1 saturated carbocycles. The third-order valence-electron chi connectivity index (χ3n) is 8.04. The fraction of sp³-hybridized carbons (Fsp3) is 0.394. The van der Waals surface area contributed by atoms with Gasteiger partial charge in [0.25, 0.3) is 0 Å². The van der Waals surface area contributed by atoms with Crippen LogP contribution in [-0.2, 0) is 32.6 Å². The normalized spacial score (nSPS) is 14.6. The number of carbonyl (C=O) groups is 2. The topological polar surface area (TPSA) is 86.8 Å². The minimum absolute atomic E-state index is 0.00501. The van der Waals surface area contributed by atoms with Crippen LogP contribution in [0.5, 0.6) is 0 Å². The maximum Gasteiger partial charge on any atom is 0.244 e. The van der Waals surface area contributed by atoms with E-state index >= 15 is 0 Å². The standard InChI is InChI=1S/C33H39Cl2N3O4S/c1-23-14-17-29(18-24(23)2)38(43(3,41)42)22-32(39)37(21-26-15-16-27(34)20-30(26)35)31(19-25-10-6-4-7-11-25)33(40)36-28-12-8-5-9-13-28/h4,6-7,10-11,14-18,20,28,31H,5,8-9,12-13,19,21-22H2,1-3H3,(H,36,40)/t31-/m0/s1. The smallest absolute Gasteiger partial charge is 0.244 e. The van der Waals surface area contributed by atoms with Gasteiger partial charge in [0.1, 0.15) is 12.6 Å². The Morgan fingerprint density at radius 2 is 1.63 bits per heavy atom. The maximum atomic E-state index is 14.3. The van der Waals surface area contributed by atoms with Crippen molar-refractivity contribution in [1.82, 2.24) is 10.2 Å². The number of hydrogen-bond acceptors (Lipinski definition) is 4. The van der Waals surface area contributed by atoms with Crippen LogP contribution in [0.4, 0.5) is 5.69 Å². The molecule has 1 atom stereocenters. The van der Waals surface area contributed by atoms with Gasteiger partial charge in [0.2, 0.25) is 21.8 Å². The number of nitrogens with one attached hydrogen (secondary N) is 1. The van der Waals surface area contributed by atoms with Crippen LogP contribution in [0, 0.1) is 13.8 Å². The SMILES string of the molecule is Cc1ccc(N(CC(=O)N(Cc2ccc(Cl)cc2Cl)[C@@H](Cc2ccccc2)C(=O)NC2CCCCC2)S(C)(=O)=O)cc1C. The van der Waals surface area contributed by atoms with Crippen LogP contribution in [0.3, 0.4) is 0 Å². The van der Waals surface area contributed by atoms with E-state index in [9.17, 15) is 18.0 Å². The minimum Gasteiger partial charge on any atom is -0.352 e. The first kappa shape index (κ1) is 32.8.